The van der Waals surface area contributed by atoms with Crippen LogP contribution in [0.5, 0.6) is 0 Å². The summed E-state index contributed by atoms with van der Waals surface area (Å²) in [6.45, 7) is 0. The van der Waals surface area contributed by atoms with Crippen LogP contribution in [0.2, 0.25) is 0 Å². The lowest BCUT2D eigenvalue weighted by molar-refractivity contribution is 0.583. The number of furan rings is 1. The van der Waals surface area contributed by atoms with Crippen LogP contribution < -0.4 is 0 Å². The average molecular weight is 200 g/mol. The van der Waals surface area contributed by atoms with Gasteiger partial charge in [-0.15, -0.1) is 11.3 Å². The highest BCUT2D eigenvalue weighted by Gasteiger charge is 2.07. The lowest BCUT2D eigenvalue weighted by Crippen LogP contribution is -1.76. The lowest BCUT2D eigenvalue weighted by atomic mass is 10.1. The smallest absolute Gasteiger partial charge is 0.153 e. The van der Waals surface area contributed by atoms with Crippen LogP contribution in [0, 0.1) is 5.51 Å². The Balaban J connectivity index is 2.36. The van der Waals surface area contributed by atoms with E-state index >= 15 is 0 Å². The first-order chi connectivity index (χ1) is 6.95. The molecule has 2 nitrogen and oxygen atoms in total. The molecule has 0 aliphatic heterocycles. The van der Waals surface area contributed by atoms with Gasteiger partial charge in [-0.3, -0.25) is 0 Å². The molecule has 0 fully saturated rings. The fourth-order valence-corrected chi connectivity index (χ4v) is 2.10. The van der Waals surface area contributed by atoms with Gasteiger partial charge in [-0.1, -0.05) is 6.07 Å². The van der Waals surface area contributed by atoms with Gasteiger partial charge in [0.1, 0.15) is 5.76 Å². The molecule has 14 heavy (non-hydrogen) atoms. The molecule has 0 N–H and O–H groups in total. The van der Waals surface area contributed by atoms with Gasteiger partial charge in [0.15, 0.2) is 5.51 Å². The van der Waals surface area contributed by atoms with Crippen LogP contribution in [-0.4, -0.2) is 4.98 Å². The molecule has 0 saturated carbocycles. The molecule has 0 unspecified atom stereocenters. The van der Waals surface area contributed by atoms with Crippen molar-refractivity contribution in [3.63, 3.8) is 0 Å². The quantitative estimate of drug-likeness (QED) is 0.602. The van der Waals surface area contributed by atoms with Gasteiger partial charge in [0.2, 0.25) is 0 Å². The Bertz CT molecular complexity index is 553. The fourth-order valence-electron chi connectivity index (χ4n) is 1.47. The van der Waals surface area contributed by atoms with Crippen molar-refractivity contribution in [2.75, 3.05) is 0 Å². The highest BCUT2D eigenvalue weighted by molar-refractivity contribution is 7.16. The van der Waals surface area contributed by atoms with E-state index in [2.05, 4.69) is 10.5 Å². The molecule has 3 rings (SSSR count). The van der Waals surface area contributed by atoms with Gasteiger partial charge < -0.3 is 4.42 Å². The molecule has 0 atom stereocenters. The lowest BCUT2D eigenvalue weighted by Gasteiger charge is -1.96. The third kappa shape index (κ3) is 1.06. The maximum absolute atomic E-state index is 5.35. The molecular formula is C11H6NOS. The maximum Gasteiger partial charge on any atom is 0.153 e. The normalized spacial score (nSPS) is 10.9. The summed E-state index contributed by atoms with van der Waals surface area (Å²) >= 11 is 1.52. The van der Waals surface area contributed by atoms with E-state index in [1.54, 1.807) is 6.26 Å². The second kappa shape index (κ2) is 2.96. The zero-order valence-corrected chi connectivity index (χ0v) is 8.04. The highest BCUT2D eigenvalue weighted by Crippen LogP contribution is 2.29. The number of hydrogen-bond donors (Lipinski definition) is 0. The summed E-state index contributed by atoms with van der Waals surface area (Å²) in [6.07, 6.45) is 1.67. The molecule has 3 aromatic rings. The van der Waals surface area contributed by atoms with E-state index in [0.717, 1.165) is 21.5 Å². The van der Waals surface area contributed by atoms with Crippen molar-refractivity contribution in [3.8, 4) is 11.3 Å². The molecule has 3 heteroatoms. The number of thiazole rings is 1. The number of para-hydroxylation sites is 1. The van der Waals surface area contributed by atoms with Gasteiger partial charge >= 0.3 is 0 Å². The molecule has 1 radical (unpaired) electrons. The van der Waals surface area contributed by atoms with Crippen LogP contribution in [0.15, 0.2) is 41.0 Å². The summed E-state index contributed by atoms with van der Waals surface area (Å²) in [5, 5.41) is 0. The Morgan fingerprint density at radius 3 is 3.07 bits per heavy atom. The molecule has 0 aliphatic rings. The molecule has 0 amide bonds. The Labute approximate surface area is 84.8 Å². The van der Waals surface area contributed by atoms with Crippen LogP contribution in [0.25, 0.3) is 21.5 Å². The zero-order chi connectivity index (χ0) is 9.38. The van der Waals surface area contributed by atoms with Gasteiger partial charge in [-0.2, -0.15) is 0 Å². The molecule has 0 aliphatic carbocycles. The minimum Gasteiger partial charge on any atom is -0.464 e. The molecular weight excluding hydrogens is 194 g/mol. The summed E-state index contributed by atoms with van der Waals surface area (Å²) in [7, 11) is 0. The Morgan fingerprint density at radius 1 is 1.21 bits per heavy atom. The number of aromatic nitrogens is 1. The number of rotatable bonds is 1. The van der Waals surface area contributed by atoms with Crippen LogP contribution in [0.1, 0.15) is 0 Å². The minimum absolute atomic E-state index is 0.856. The zero-order valence-electron chi connectivity index (χ0n) is 7.23. The first kappa shape index (κ1) is 7.76. The van der Waals surface area contributed by atoms with Gasteiger partial charge in [0, 0.05) is 5.56 Å². The highest BCUT2D eigenvalue weighted by atomic mass is 32.1. The van der Waals surface area contributed by atoms with Gasteiger partial charge in [-0.05, 0) is 24.3 Å². The van der Waals surface area contributed by atoms with Gasteiger partial charge in [-0.25, -0.2) is 4.98 Å². The van der Waals surface area contributed by atoms with E-state index in [4.69, 9.17) is 4.42 Å². The van der Waals surface area contributed by atoms with E-state index in [1.165, 1.54) is 11.3 Å². The van der Waals surface area contributed by atoms with Crippen molar-refractivity contribution in [1.82, 2.24) is 4.98 Å². The molecule has 67 valence electrons. The van der Waals surface area contributed by atoms with Crippen molar-refractivity contribution in [2.24, 2.45) is 0 Å². The third-order valence-corrected chi connectivity index (χ3v) is 2.83. The molecule has 1 aromatic carbocycles. The third-order valence-electron chi connectivity index (χ3n) is 2.10. The second-order valence-electron chi connectivity index (χ2n) is 2.93. The van der Waals surface area contributed by atoms with E-state index in [0.29, 0.717) is 0 Å². The van der Waals surface area contributed by atoms with Crippen LogP contribution in [0.3, 0.4) is 0 Å². The number of nitrogens with zero attached hydrogens (tertiary/aromatic N) is 1. The van der Waals surface area contributed by atoms with Crippen LogP contribution in [-0.2, 0) is 0 Å². The fraction of sp³-hybridized carbons (Fsp3) is 0. The number of benzene rings is 1. The van der Waals surface area contributed by atoms with Gasteiger partial charge in [0.05, 0.1) is 16.5 Å². The minimum atomic E-state index is 0.856. The van der Waals surface area contributed by atoms with Gasteiger partial charge in [0.25, 0.3) is 0 Å². The van der Waals surface area contributed by atoms with Crippen molar-refractivity contribution < 1.29 is 4.42 Å². The second-order valence-corrected chi connectivity index (χ2v) is 3.76. The van der Waals surface area contributed by atoms with Crippen molar-refractivity contribution >= 4 is 21.6 Å². The largest absolute Gasteiger partial charge is 0.464 e. The monoisotopic (exact) mass is 200 g/mol. The Hall–Kier alpha value is -1.61. The predicted octanol–water partition coefficient (Wildman–Crippen LogP) is 3.36. The summed E-state index contributed by atoms with van der Waals surface area (Å²) in [5.41, 5.74) is 4.89. The first-order valence-corrected chi connectivity index (χ1v) is 5.06. The van der Waals surface area contributed by atoms with Crippen molar-refractivity contribution in [2.45, 2.75) is 0 Å². The number of hydrogen-bond acceptors (Lipinski definition) is 3. The average Bonchev–Trinajstić information content (AvgIpc) is 2.88. The summed E-state index contributed by atoms with van der Waals surface area (Å²) in [5.74, 6) is 0.856. The maximum atomic E-state index is 5.35. The van der Waals surface area contributed by atoms with E-state index in [1.807, 2.05) is 30.3 Å². The van der Waals surface area contributed by atoms with Crippen molar-refractivity contribution in [3.05, 3.63) is 42.1 Å². The van der Waals surface area contributed by atoms with E-state index in [9.17, 15) is 0 Å². The predicted molar refractivity (Wildman–Crippen MR) is 56.2 cm³/mol. The SMILES string of the molecule is [c]1nc2c(-c3ccco3)cccc2s1. The summed E-state index contributed by atoms with van der Waals surface area (Å²) < 4.78 is 6.49. The van der Waals surface area contributed by atoms with E-state index in [-0.39, 0.29) is 0 Å². The van der Waals surface area contributed by atoms with Crippen LogP contribution >= 0.6 is 11.3 Å². The summed E-state index contributed by atoms with van der Waals surface area (Å²) in [6, 6.07) is 9.87. The number of fused-ring (bicyclic) bond motifs is 1. The molecule has 2 aromatic heterocycles. The topological polar surface area (TPSA) is 26.0 Å². The first-order valence-electron chi connectivity index (χ1n) is 4.24. The molecule has 2 heterocycles. The van der Waals surface area contributed by atoms with E-state index < -0.39 is 0 Å². The Kier molecular flexibility index (Phi) is 1.64. The van der Waals surface area contributed by atoms with Crippen molar-refractivity contribution in [1.29, 1.82) is 0 Å². The molecule has 0 spiro atoms. The molecule has 0 saturated heterocycles. The molecule has 0 bridgehead atoms. The summed E-state index contributed by atoms with van der Waals surface area (Å²) in [4.78, 5) is 4.21. The standard InChI is InChI=1S/C11H6NOS/c1-3-8(9-4-2-6-13-9)11-10(5-1)14-7-12-11/h1-6H. The van der Waals surface area contributed by atoms with Crippen LogP contribution in [0.4, 0.5) is 0 Å². The Morgan fingerprint density at radius 2 is 2.21 bits per heavy atom.